The monoisotopic (exact) mass is 309 g/mol. The molecule has 120 valence electrons. The molecular formula is C15H19NO6. The minimum absolute atomic E-state index is 0.0687. The van der Waals surface area contributed by atoms with Gasteiger partial charge in [0, 0.05) is 6.54 Å². The average Bonchev–Trinajstić information content (AvgIpc) is 2.51. The van der Waals surface area contributed by atoms with Gasteiger partial charge in [0.15, 0.2) is 6.10 Å². The van der Waals surface area contributed by atoms with Gasteiger partial charge < -0.3 is 19.9 Å². The number of nitrogens with one attached hydrogen (secondary N) is 1. The molecule has 0 fully saturated rings. The summed E-state index contributed by atoms with van der Waals surface area (Å²) in [5.41, 5.74) is 0.00857. The molecule has 0 saturated heterocycles. The van der Waals surface area contributed by atoms with Crippen molar-refractivity contribution in [1.82, 2.24) is 5.32 Å². The van der Waals surface area contributed by atoms with Crippen LogP contribution in [0, 0.1) is 0 Å². The normalized spacial score (nSPS) is 11.5. The first-order valence-corrected chi connectivity index (χ1v) is 6.86. The molecule has 7 heteroatoms. The van der Waals surface area contributed by atoms with E-state index in [2.05, 4.69) is 5.32 Å². The van der Waals surface area contributed by atoms with Gasteiger partial charge in [-0.25, -0.2) is 9.59 Å². The van der Waals surface area contributed by atoms with E-state index in [4.69, 9.17) is 14.6 Å². The molecule has 0 bridgehead atoms. The lowest BCUT2D eigenvalue weighted by Gasteiger charge is -2.12. The van der Waals surface area contributed by atoms with Gasteiger partial charge in [-0.3, -0.25) is 4.79 Å². The molecule has 1 aromatic carbocycles. The Bertz CT molecular complexity index is 543. The number of esters is 1. The Kier molecular flexibility index (Phi) is 7.04. The third-order valence-corrected chi connectivity index (χ3v) is 2.78. The van der Waals surface area contributed by atoms with Gasteiger partial charge in [-0.1, -0.05) is 12.1 Å². The van der Waals surface area contributed by atoms with E-state index < -0.39 is 23.9 Å². The molecule has 1 amide bonds. The summed E-state index contributed by atoms with van der Waals surface area (Å²) in [7, 11) is 0. The zero-order valence-electron chi connectivity index (χ0n) is 12.5. The van der Waals surface area contributed by atoms with Gasteiger partial charge in [0.1, 0.15) is 0 Å². The van der Waals surface area contributed by atoms with Gasteiger partial charge in [-0.05, 0) is 26.0 Å². The summed E-state index contributed by atoms with van der Waals surface area (Å²) < 4.78 is 9.99. The summed E-state index contributed by atoms with van der Waals surface area (Å²) in [6.07, 6.45) is -0.719. The van der Waals surface area contributed by atoms with Gasteiger partial charge >= 0.3 is 11.9 Å². The van der Waals surface area contributed by atoms with Crippen LogP contribution < -0.4 is 5.32 Å². The van der Waals surface area contributed by atoms with E-state index in [0.29, 0.717) is 0 Å². The maximum Gasteiger partial charge on any atom is 0.336 e. The maximum atomic E-state index is 11.9. The van der Waals surface area contributed by atoms with Crippen LogP contribution >= 0.6 is 0 Å². The second-order valence-electron chi connectivity index (χ2n) is 4.37. The summed E-state index contributed by atoms with van der Waals surface area (Å²) in [6, 6.07) is 5.92. The van der Waals surface area contributed by atoms with Crippen molar-refractivity contribution in [2.24, 2.45) is 0 Å². The molecule has 1 atom stereocenters. The van der Waals surface area contributed by atoms with E-state index in [-0.39, 0.29) is 30.9 Å². The molecule has 0 aliphatic carbocycles. The number of hydrogen-bond acceptors (Lipinski definition) is 5. The van der Waals surface area contributed by atoms with Gasteiger partial charge in [0.25, 0.3) is 5.91 Å². The highest BCUT2D eigenvalue weighted by Gasteiger charge is 2.16. The van der Waals surface area contributed by atoms with Crippen molar-refractivity contribution in [3.8, 4) is 0 Å². The quantitative estimate of drug-likeness (QED) is 0.550. The Morgan fingerprint density at radius 1 is 1.23 bits per heavy atom. The summed E-state index contributed by atoms with van der Waals surface area (Å²) in [4.78, 5) is 34.3. The van der Waals surface area contributed by atoms with Gasteiger partial charge in [-0.15, -0.1) is 0 Å². The van der Waals surface area contributed by atoms with Crippen LogP contribution in [0.25, 0.3) is 0 Å². The topological polar surface area (TPSA) is 102 Å². The fourth-order valence-electron chi connectivity index (χ4n) is 1.69. The van der Waals surface area contributed by atoms with Gasteiger partial charge in [-0.2, -0.15) is 0 Å². The maximum absolute atomic E-state index is 11.9. The molecule has 2 N–H and O–H groups in total. The van der Waals surface area contributed by atoms with Crippen molar-refractivity contribution in [2.45, 2.75) is 20.0 Å². The predicted molar refractivity (Wildman–Crippen MR) is 77.8 cm³/mol. The van der Waals surface area contributed by atoms with Crippen LogP contribution in [0.1, 0.15) is 34.6 Å². The third-order valence-electron chi connectivity index (χ3n) is 2.78. The second-order valence-corrected chi connectivity index (χ2v) is 4.37. The molecule has 1 aromatic rings. The van der Waals surface area contributed by atoms with Crippen molar-refractivity contribution < 1.29 is 29.0 Å². The Morgan fingerprint density at radius 2 is 1.86 bits per heavy atom. The lowest BCUT2D eigenvalue weighted by atomic mass is 10.1. The van der Waals surface area contributed by atoms with E-state index in [1.807, 2.05) is 0 Å². The minimum Gasteiger partial charge on any atom is -0.478 e. The molecule has 0 heterocycles. The number of benzene rings is 1. The smallest absolute Gasteiger partial charge is 0.336 e. The van der Waals surface area contributed by atoms with Crippen molar-refractivity contribution in [3.63, 3.8) is 0 Å². The molecule has 0 aliphatic rings. The third kappa shape index (κ3) is 5.17. The molecule has 0 radical (unpaired) electrons. The highest BCUT2D eigenvalue weighted by molar-refractivity contribution is 6.04. The SMILES string of the molecule is CCOC(=O)[C@H](C)OCCNC(=O)c1ccccc1C(=O)O. The summed E-state index contributed by atoms with van der Waals surface area (Å²) in [5, 5.41) is 11.6. The fraction of sp³-hybridized carbons (Fsp3) is 0.400. The van der Waals surface area contributed by atoms with E-state index in [9.17, 15) is 14.4 Å². The number of carboxylic acids is 1. The van der Waals surface area contributed by atoms with Crippen LogP contribution in [0.15, 0.2) is 24.3 Å². The molecule has 0 aliphatic heterocycles. The average molecular weight is 309 g/mol. The largest absolute Gasteiger partial charge is 0.478 e. The first kappa shape index (κ1) is 17.6. The Balaban J connectivity index is 2.44. The Hall–Kier alpha value is -2.41. The van der Waals surface area contributed by atoms with E-state index in [1.54, 1.807) is 26.0 Å². The number of carbonyl (C=O) groups is 3. The summed E-state index contributed by atoms with van der Waals surface area (Å²) in [5.74, 6) is -2.15. The highest BCUT2D eigenvalue weighted by Crippen LogP contribution is 2.08. The molecule has 22 heavy (non-hydrogen) atoms. The van der Waals surface area contributed by atoms with Crippen LogP contribution in [0.4, 0.5) is 0 Å². The Morgan fingerprint density at radius 3 is 2.45 bits per heavy atom. The molecule has 0 aromatic heterocycles. The van der Waals surface area contributed by atoms with E-state index in [1.165, 1.54) is 12.1 Å². The first-order valence-electron chi connectivity index (χ1n) is 6.86. The number of amides is 1. The highest BCUT2D eigenvalue weighted by atomic mass is 16.6. The number of carboxylic acid groups (broad SMARTS) is 1. The zero-order valence-corrected chi connectivity index (χ0v) is 12.5. The fourth-order valence-corrected chi connectivity index (χ4v) is 1.69. The number of carbonyl (C=O) groups excluding carboxylic acids is 2. The van der Waals surface area contributed by atoms with Crippen LogP contribution in [0.3, 0.4) is 0 Å². The summed E-state index contributed by atoms with van der Waals surface area (Å²) in [6.45, 7) is 3.79. The number of ether oxygens (including phenoxy) is 2. The van der Waals surface area contributed by atoms with Crippen LogP contribution in [0.2, 0.25) is 0 Å². The Labute approximate surface area is 128 Å². The van der Waals surface area contributed by atoms with Crippen molar-refractivity contribution in [2.75, 3.05) is 19.8 Å². The van der Waals surface area contributed by atoms with Crippen molar-refractivity contribution in [3.05, 3.63) is 35.4 Å². The number of hydrogen-bond donors (Lipinski definition) is 2. The first-order chi connectivity index (χ1) is 10.5. The van der Waals surface area contributed by atoms with Crippen molar-refractivity contribution >= 4 is 17.8 Å². The van der Waals surface area contributed by atoms with E-state index in [0.717, 1.165) is 0 Å². The lowest BCUT2D eigenvalue weighted by Crippen LogP contribution is -2.31. The van der Waals surface area contributed by atoms with Gasteiger partial charge in [0.05, 0.1) is 24.3 Å². The standard InChI is InChI=1S/C15H19NO6/c1-3-21-15(20)10(2)22-9-8-16-13(17)11-6-4-5-7-12(11)14(18)19/h4-7,10H,3,8-9H2,1-2H3,(H,16,17)(H,18,19)/t10-/m0/s1. The molecule has 0 unspecified atom stereocenters. The predicted octanol–water partition coefficient (Wildman–Crippen LogP) is 1.08. The minimum atomic E-state index is -1.17. The summed E-state index contributed by atoms with van der Waals surface area (Å²) >= 11 is 0. The van der Waals surface area contributed by atoms with E-state index >= 15 is 0 Å². The lowest BCUT2D eigenvalue weighted by molar-refractivity contribution is -0.155. The zero-order chi connectivity index (χ0) is 16.5. The van der Waals surface area contributed by atoms with Crippen LogP contribution in [-0.2, 0) is 14.3 Å². The van der Waals surface area contributed by atoms with Crippen LogP contribution in [0.5, 0.6) is 0 Å². The molecule has 1 rings (SSSR count). The molecular weight excluding hydrogens is 290 g/mol. The molecule has 0 saturated carbocycles. The number of aromatic carboxylic acids is 1. The van der Waals surface area contributed by atoms with Gasteiger partial charge in [0.2, 0.25) is 0 Å². The molecule has 7 nitrogen and oxygen atoms in total. The second kappa shape index (κ2) is 8.78. The van der Waals surface area contributed by atoms with Crippen LogP contribution in [-0.4, -0.2) is 48.8 Å². The van der Waals surface area contributed by atoms with Crippen molar-refractivity contribution in [1.29, 1.82) is 0 Å². The molecule has 0 spiro atoms. The number of rotatable bonds is 8.